The number of nitrogens with zero attached hydrogens (tertiary/aromatic N) is 1. The molecule has 0 saturated carbocycles. The van der Waals surface area contributed by atoms with Crippen molar-refractivity contribution in [1.82, 2.24) is 0 Å². The van der Waals surface area contributed by atoms with Gasteiger partial charge in [0.05, 0.1) is 22.3 Å². The molecule has 1 aliphatic heterocycles. The fourth-order valence-electron chi connectivity index (χ4n) is 4.49. The van der Waals surface area contributed by atoms with E-state index in [0.717, 1.165) is 34.6 Å². The summed E-state index contributed by atoms with van der Waals surface area (Å²) in [7, 11) is 0. The predicted octanol–water partition coefficient (Wildman–Crippen LogP) is 5.57. The van der Waals surface area contributed by atoms with Gasteiger partial charge in [-0.1, -0.05) is 42.5 Å². The molecule has 6 nitrogen and oxygen atoms in total. The molecule has 0 fully saturated rings. The van der Waals surface area contributed by atoms with Crippen molar-refractivity contribution in [3.05, 3.63) is 111 Å². The van der Waals surface area contributed by atoms with Crippen LogP contribution in [0.15, 0.2) is 90.1 Å². The molecule has 31 heavy (non-hydrogen) atoms. The molecule has 2 N–H and O–H groups in total. The monoisotopic (exact) mass is 411 g/mol. The van der Waals surface area contributed by atoms with Crippen LogP contribution in [-0.4, -0.2) is 10.7 Å². The molecule has 0 saturated heterocycles. The van der Waals surface area contributed by atoms with Crippen LogP contribution in [0.2, 0.25) is 0 Å². The van der Waals surface area contributed by atoms with E-state index < -0.39 is 4.92 Å². The first kappa shape index (κ1) is 19.1. The van der Waals surface area contributed by atoms with Gasteiger partial charge in [0.1, 0.15) is 0 Å². The number of benzene rings is 3. The van der Waals surface area contributed by atoms with Crippen molar-refractivity contribution < 1.29 is 9.72 Å². The molecule has 2 aliphatic rings. The van der Waals surface area contributed by atoms with Gasteiger partial charge in [0, 0.05) is 29.8 Å². The summed E-state index contributed by atoms with van der Waals surface area (Å²) in [6.07, 6.45) is 1.16. The Morgan fingerprint density at radius 1 is 0.806 bits per heavy atom. The van der Waals surface area contributed by atoms with E-state index in [1.165, 1.54) is 12.1 Å². The minimum absolute atomic E-state index is 0.0317. The molecule has 1 aliphatic carbocycles. The van der Waals surface area contributed by atoms with Crippen LogP contribution in [-0.2, 0) is 4.79 Å². The standard InChI is InChI=1S/C25H21N3O3/c29-23-15-18(16-6-2-1-3-7-16)14-22-24(23)25(17-10-12-19(13-11-17)28(30)31)27-21-9-5-4-8-20(21)26-22/h1-13,18,25-27H,14-15H2/t18-,25-/m1/s1. The van der Waals surface area contributed by atoms with Crippen molar-refractivity contribution in [1.29, 1.82) is 0 Å². The summed E-state index contributed by atoms with van der Waals surface area (Å²) in [5.41, 5.74) is 5.43. The highest BCUT2D eigenvalue weighted by Crippen LogP contribution is 2.44. The fraction of sp³-hybridized carbons (Fsp3) is 0.160. The number of nitro groups is 1. The molecule has 1 heterocycles. The lowest BCUT2D eigenvalue weighted by Crippen LogP contribution is -2.26. The normalized spacial score (nSPS) is 20.1. The molecule has 3 aromatic carbocycles. The molecule has 6 heteroatoms. The highest BCUT2D eigenvalue weighted by Gasteiger charge is 2.36. The SMILES string of the molecule is O=C1C[C@H](c2ccccc2)CC2=C1[C@@H](c1ccc([N+](=O)[O-])cc1)Nc1ccccc1N2. The summed E-state index contributed by atoms with van der Waals surface area (Å²) in [4.78, 5) is 24.1. The smallest absolute Gasteiger partial charge is 0.269 e. The summed E-state index contributed by atoms with van der Waals surface area (Å²) in [5, 5.41) is 18.1. The summed E-state index contributed by atoms with van der Waals surface area (Å²) in [5.74, 6) is 0.203. The third-order valence-corrected chi connectivity index (χ3v) is 6.02. The van der Waals surface area contributed by atoms with Gasteiger partial charge in [-0.2, -0.15) is 0 Å². The molecule has 0 amide bonds. The van der Waals surface area contributed by atoms with E-state index in [-0.39, 0.29) is 23.4 Å². The second-order valence-corrected chi connectivity index (χ2v) is 7.93. The number of non-ortho nitro benzene ring substituents is 1. The van der Waals surface area contributed by atoms with E-state index in [1.807, 2.05) is 42.5 Å². The number of Topliss-reactive ketones (excluding diaryl/α,β-unsaturated/α-hetero) is 1. The number of nitro benzene ring substituents is 1. The molecule has 0 aromatic heterocycles. The van der Waals surface area contributed by atoms with Gasteiger partial charge in [0.2, 0.25) is 0 Å². The number of rotatable bonds is 3. The van der Waals surface area contributed by atoms with Gasteiger partial charge < -0.3 is 10.6 Å². The number of hydrogen-bond acceptors (Lipinski definition) is 5. The van der Waals surface area contributed by atoms with Gasteiger partial charge >= 0.3 is 0 Å². The Hall–Kier alpha value is -3.93. The summed E-state index contributed by atoms with van der Waals surface area (Å²) in [6, 6.07) is 24.0. The highest BCUT2D eigenvalue weighted by molar-refractivity contribution is 6.01. The quantitative estimate of drug-likeness (QED) is 0.434. The highest BCUT2D eigenvalue weighted by atomic mass is 16.6. The van der Waals surface area contributed by atoms with Crippen molar-refractivity contribution in [3.63, 3.8) is 0 Å². The maximum absolute atomic E-state index is 13.4. The van der Waals surface area contributed by atoms with Crippen LogP contribution in [0.4, 0.5) is 17.1 Å². The Morgan fingerprint density at radius 2 is 1.48 bits per heavy atom. The largest absolute Gasteiger partial charge is 0.372 e. The summed E-state index contributed by atoms with van der Waals surface area (Å²) >= 11 is 0. The second-order valence-electron chi connectivity index (χ2n) is 7.93. The number of carbonyl (C=O) groups is 1. The zero-order valence-electron chi connectivity index (χ0n) is 16.7. The average Bonchev–Trinajstić information content (AvgIpc) is 2.96. The third-order valence-electron chi connectivity index (χ3n) is 6.02. The van der Waals surface area contributed by atoms with Crippen molar-refractivity contribution in [2.45, 2.75) is 24.8 Å². The number of fused-ring (bicyclic) bond motifs is 1. The molecular weight excluding hydrogens is 390 g/mol. The zero-order valence-corrected chi connectivity index (χ0v) is 16.7. The molecular formula is C25H21N3O3. The Morgan fingerprint density at radius 3 is 2.19 bits per heavy atom. The molecule has 0 unspecified atom stereocenters. The van der Waals surface area contributed by atoms with Crippen LogP contribution in [0.3, 0.4) is 0 Å². The first-order chi connectivity index (χ1) is 15.1. The maximum atomic E-state index is 13.4. The Bertz CT molecular complexity index is 1190. The Balaban J connectivity index is 1.60. The van der Waals surface area contributed by atoms with Gasteiger partial charge in [-0.3, -0.25) is 14.9 Å². The lowest BCUT2D eigenvalue weighted by Gasteiger charge is -2.30. The number of ketones is 1. The Labute approximate surface area is 179 Å². The first-order valence-electron chi connectivity index (χ1n) is 10.3. The average molecular weight is 411 g/mol. The number of anilines is 2. The van der Waals surface area contributed by atoms with E-state index in [9.17, 15) is 14.9 Å². The van der Waals surface area contributed by atoms with Gasteiger partial charge in [-0.05, 0) is 47.7 Å². The second kappa shape index (κ2) is 7.72. The number of carbonyl (C=O) groups excluding carboxylic acids is 1. The summed E-state index contributed by atoms with van der Waals surface area (Å²) < 4.78 is 0. The number of para-hydroxylation sites is 2. The molecule has 2 atom stereocenters. The summed E-state index contributed by atoms with van der Waals surface area (Å²) in [6.45, 7) is 0. The van der Waals surface area contributed by atoms with E-state index in [4.69, 9.17) is 0 Å². The van der Waals surface area contributed by atoms with Crippen molar-refractivity contribution in [2.75, 3.05) is 10.6 Å². The van der Waals surface area contributed by atoms with Gasteiger partial charge in [-0.15, -0.1) is 0 Å². The zero-order chi connectivity index (χ0) is 21.4. The van der Waals surface area contributed by atoms with E-state index in [1.54, 1.807) is 12.1 Å². The van der Waals surface area contributed by atoms with E-state index in [2.05, 4.69) is 22.8 Å². The third kappa shape index (κ3) is 3.57. The number of hydrogen-bond donors (Lipinski definition) is 2. The van der Waals surface area contributed by atoms with Gasteiger partial charge in [0.25, 0.3) is 5.69 Å². The van der Waals surface area contributed by atoms with Crippen LogP contribution >= 0.6 is 0 Å². The maximum Gasteiger partial charge on any atom is 0.269 e. The van der Waals surface area contributed by atoms with Crippen LogP contribution in [0.1, 0.15) is 35.9 Å². The first-order valence-corrected chi connectivity index (χ1v) is 10.3. The van der Waals surface area contributed by atoms with Crippen LogP contribution < -0.4 is 10.6 Å². The minimum Gasteiger partial charge on any atom is -0.372 e. The van der Waals surface area contributed by atoms with Gasteiger partial charge in [0.15, 0.2) is 5.78 Å². The Kier molecular flexibility index (Phi) is 4.75. The molecule has 0 radical (unpaired) electrons. The molecule has 5 rings (SSSR count). The van der Waals surface area contributed by atoms with Gasteiger partial charge in [-0.25, -0.2) is 0 Å². The lowest BCUT2D eigenvalue weighted by atomic mass is 9.78. The molecule has 0 bridgehead atoms. The van der Waals surface area contributed by atoms with E-state index in [0.29, 0.717) is 12.0 Å². The molecule has 0 spiro atoms. The predicted molar refractivity (Wildman–Crippen MR) is 120 cm³/mol. The number of allylic oxidation sites excluding steroid dienone is 1. The van der Waals surface area contributed by atoms with Crippen molar-refractivity contribution >= 4 is 22.8 Å². The molecule has 154 valence electrons. The van der Waals surface area contributed by atoms with Crippen molar-refractivity contribution in [2.24, 2.45) is 0 Å². The van der Waals surface area contributed by atoms with Crippen LogP contribution in [0, 0.1) is 10.1 Å². The minimum atomic E-state index is -0.415. The lowest BCUT2D eigenvalue weighted by molar-refractivity contribution is -0.384. The van der Waals surface area contributed by atoms with Crippen LogP contribution in [0.25, 0.3) is 0 Å². The van der Waals surface area contributed by atoms with E-state index >= 15 is 0 Å². The fourth-order valence-corrected chi connectivity index (χ4v) is 4.49. The van der Waals surface area contributed by atoms with Crippen molar-refractivity contribution in [3.8, 4) is 0 Å². The topological polar surface area (TPSA) is 84.3 Å². The molecule has 3 aromatic rings. The van der Waals surface area contributed by atoms with Crippen LogP contribution in [0.5, 0.6) is 0 Å². The number of nitrogens with one attached hydrogen (secondary N) is 2.